The van der Waals surface area contributed by atoms with Gasteiger partial charge in [0.05, 0.1) is 19.8 Å². The van der Waals surface area contributed by atoms with Crippen molar-refractivity contribution in [1.82, 2.24) is 5.32 Å². The molecule has 0 radical (unpaired) electrons. The second-order valence-electron chi connectivity index (χ2n) is 4.89. The zero-order chi connectivity index (χ0) is 15.9. The number of carbonyl (C=O) groups is 1. The Bertz CT molecular complexity index is 622. The zero-order valence-electron chi connectivity index (χ0n) is 13.1. The zero-order valence-corrected chi connectivity index (χ0v) is 13.1. The second-order valence-corrected chi connectivity index (χ2v) is 4.89. The fourth-order valence-electron chi connectivity index (χ4n) is 2.25. The molecule has 4 nitrogen and oxygen atoms in total. The van der Waals surface area contributed by atoms with Gasteiger partial charge in [0.2, 0.25) is 0 Å². The van der Waals surface area contributed by atoms with Gasteiger partial charge in [0.15, 0.2) is 0 Å². The fraction of sp³-hybridized carbons (Fsp3) is 0.278. The average Bonchev–Trinajstić information content (AvgIpc) is 2.55. The number of nitrogens with one attached hydrogen (secondary N) is 1. The van der Waals surface area contributed by atoms with Crippen molar-refractivity contribution < 1.29 is 14.3 Å². The summed E-state index contributed by atoms with van der Waals surface area (Å²) in [4.78, 5) is 12.3. The lowest BCUT2D eigenvalue weighted by atomic mass is 10.1. The topological polar surface area (TPSA) is 47.6 Å². The molecule has 4 heteroatoms. The maximum Gasteiger partial charge on any atom is 0.251 e. The Kier molecular flexibility index (Phi) is 5.42. The van der Waals surface area contributed by atoms with Crippen molar-refractivity contribution in [1.29, 1.82) is 0 Å². The minimum Gasteiger partial charge on any atom is -0.496 e. The lowest BCUT2D eigenvalue weighted by molar-refractivity contribution is 0.0939. The van der Waals surface area contributed by atoms with Crippen LogP contribution in [0.1, 0.15) is 35.8 Å². The quantitative estimate of drug-likeness (QED) is 0.887. The molecular weight excluding hydrogens is 278 g/mol. The van der Waals surface area contributed by atoms with Gasteiger partial charge in [-0.25, -0.2) is 0 Å². The van der Waals surface area contributed by atoms with Crippen LogP contribution in [-0.2, 0) is 0 Å². The number of benzene rings is 2. The van der Waals surface area contributed by atoms with Crippen molar-refractivity contribution >= 4 is 5.91 Å². The first-order valence-corrected chi connectivity index (χ1v) is 7.32. The molecule has 2 aromatic carbocycles. The summed E-state index contributed by atoms with van der Waals surface area (Å²) in [7, 11) is 1.62. The summed E-state index contributed by atoms with van der Waals surface area (Å²) >= 11 is 0. The van der Waals surface area contributed by atoms with Gasteiger partial charge in [-0.15, -0.1) is 0 Å². The Morgan fingerprint density at radius 2 is 1.82 bits per heavy atom. The maximum atomic E-state index is 12.3. The van der Waals surface area contributed by atoms with E-state index < -0.39 is 0 Å². The number of para-hydroxylation sites is 1. The fourth-order valence-corrected chi connectivity index (χ4v) is 2.25. The van der Waals surface area contributed by atoms with Crippen LogP contribution >= 0.6 is 0 Å². The molecule has 22 heavy (non-hydrogen) atoms. The molecule has 0 aliphatic carbocycles. The molecule has 0 aromatic heterocycles. The van der Waals surface area contributed by atoms with Crippen LogP contribution in [0.15, 0.2) is 48.5 Å². The Hall–Kier alpha value is -2.49. The van der Waals surface area contributed by atoms with E-state index in [1.807, 2.05) is 38.1 Å². The van der Waals surface area contributed by atoms with E-state index in [4.69, 9.17) is 9.47 Å². The van der Waals surface area contributed by atoms with Gasteiger partial charge in [-0.1, -0.05) is 18.2 Å². The third-order valence-corrected chi connectivity index (χ3v) is 3.38. The molecule has 2 rings (SSSR count). The molecule has 0 aliphatic heterocycles. The van der Waals surface area contributed by atoms with Crippen LogP contribution in [0.4, 0.5) is 0 Å². The predicted molar refractivity (Wildman–Crippen MR) is 86.5 cm³/mol. The molecule has 0 fully saturated rings. The van der Waals surface area contributed by atoms with Crippen molar-refractivity contribution in [3.8, 4) is 11.5 Å². The molecule has 0 heterocycles. The van der Waals surface area contributed by atoms with Gasteiger partial charge >= 0.3 is 0 Å². The number of methoxy groups -OCH3 is 1. The summed E-state index contributed by atoms with van der Waals surface area (Å²) in [5, 5.41) is 2.98. The molecule has 1 amide bonds. The molecule has 0 saturated carbocycles. The summed E-state index contributed by atoms with van der Waals surface area (Å²) in [6.45, 7) is 4.47. The number of hydrogen-bond donors (Lipinski definition) is 1. The van der Waals surface area contributed by atoms with E-state index in [0.29, 0.717) is 12.2 Å². The van der Waals surface area contributed by atoms with Crippen LogP contribution in [0.3, 0.4) is 0 Å². The Balaban J connectivity index is 2.07. The average molecular weight is 299 g/mol. The Labute approximate surface area is 131 Å². The summed E-state index contributed by atoms with van der Waals surface area (Å²) in [5.74, 6) is 1.40. The van der Waals surface area contributed by atoms with Crippen LogP contribution in [0, 0.1) is 0 Å². The first-order chi connectivity index (χ1) is 10.7. The van der Waals surface area contributed by atoms with Crippen molar-refractivity contribution in [3.63, 3.8) is 0 Å². The Morgan fingerprint density at radius 3 is 2.45 bits per heavy atom. The SMILES string of the molecule is CCOc1ccc(C(=O)N[C@@H](C)c2ccccc2OC)cc1. The molecule has 0 bridgehead atoms. The van der Waals surface area contributed by atoms with Crippen LogP contribution in [0.25, 0.3) is 0 Å². The molecule has 2 aromatic rings. The van der Waals surface area contributed by atoms with E-state index in [0.717, 1.165) is 17.1 Å². The number of amides is 1. The predicted octanol–water partition coefficient (Wildman–Crippen LogP) is 3.58. The number of ether oxygens (including phenoxy) is 2. The molecule has 0 saturated heterocycles. The van der Waals surface area contributed by atoms with Gasteiger partial charge in [-0.3, -0.25) is 4.79 Å². The van der Waals surface area contributed by atoms with E-state index >= 15 is 0 Å². The highest BCUT2D eigenvalue weighted by Gasteiger charge is 2.14. The molecule has 0 spiro atoms. The normalized spacial score (nSPS) is 11.6. The summed E-state index contributed by atoms with van der Waals surface area (Å²) < 4.78 is 10.7. The van der Waals surface area contributed by atoms with E-state index in [2.05, 4.69) is 5.32 Å². The molecule has 0 unspecified atom stereocenters. The molecule has 1 atom stereocenters. The highest BCUT2D eigenvalue weighted by molar-refractivity contribution is 5.94. The van der Waals surface area contributed by atoms with Gasteiger partial charge in [0, 0.05) is 11.1 Å². The van der Waals surface area contributed by atoms with E-state index in [1.54, 1.807) is 31.4 Å². The van der Waals surface area contributed by atoms with Crippen molar-refractivity contribution in [2.45, 2.75) is 19.9 Å². The molecule has 1 N–H and O–H groups in total. The Morgan fingerprint density at radius 1 is 1.14 bits per heavy atom. The highest BCUT2D eigenvalue weighted by Crippen LogP contribution is 2.24. The molecule has 116 valence electrons. The van der Waals surface area contributed by atoms with Crippen molar-refractivity contribution in [2.24, 2.45) is 0 Å². The van der Waals surface area contributed by atoms with Crippen LogP contribution in [-0.4, -0.2) is 19.6 Å². The first kappa shape index (κ1) is 15.9. The number of carbonyl (C=O) groups excluding carboxylic acids is 1. The standard InChI is InChI=1S/C18H21NO3/c1-4-22-15-11-9-14(10-12-15)18(20)19-13(2)16-7-5-6-8-17(16)21-3/h5-13H,4H2,1-3H3,(H,19,20)/t13-/m0/s1. The molecule has 0 aliphatic rings. The highest BCUT2D eigenvalue weighted by atomic mass is 16.5. The molecular formula is C18H21NO3. The van der Waals surface area contributed by atoms with Gasteiger partial charge in [0.25, 0.3) is 5.91 Å². The smallest absolute Gasteiger partial charge is 0.251 e. The van der Waals surface area contributed by atoms with Crippen LogP contribution in [0.5, 0.6) is 11.5 Å². The maximum absolute atomic E-state index is 12.3. The first-order valence-electron chi connectivity index (χ1n) is 7.32. The van der Waals surface area contributed by atoms with E-state index in [9.17, 15) is 4.79 Å². The van der Waals surface area contributed by atoms with Gasteiger partial charge in [-0.2, -0.15) is 0 Å². The lowest BCUT2D eigenvalue weighted by Gasteiger charge is -2.17. The minimum absolute atomic E-state index is 0.124. The van der Waals surface area contributed by atoms with Gasteiger partial charge in [0.1, 0.15) is 11.5 Å². The number of rotatable bonds is 6. The van der Waals surface area contributed by atoms with Crippen LogP contribution in [0.2, 0.25) is 0 Å². The van der Waals surface area contributed by atoms with Crippen molar-refractivity contribution in [3.05, 3.63) is 59.7 Å². The largest absolute Gasteiger partial charge is 0.496 e. The van der Waals surface area contributed by atoms with Crippen LogP contribution < -0.4 is 14.8 Å². The minimum atomic E-state index is -0.143. The summed E-state index contributed by atoms with van der Waals surface area (Å²) in [5.41, 5.74) is 1.55. The van der Waals surface area contributed by atoms with Gasteiger partial charge < -0.3 is 14.8 Å². The van der Waals surface area contributed by atoms with E-state index in [1.165, 1.54) is 0 Å². The summed E-state index contributed by atoms with van der Waals surface area (Å²) in [6, 6.07) is 14.6. The lowest BCUT2D eigenvalue weighted by Crippen LogP contribution is -2.26. The third kappa shape index (κ3) is 3.79. The van der Waals surface area contributed by atoms with E-state index in [-0.39, 0.29) is 11.9 Å². The monoisotopic (exact) mass is 299 g/mol. The van der Waals surface area contributed by atoms with Crippen molar-refractivity contribution in [2.75, 3.05) is 13.7 Å². The number of hydrogen-bond acceptors (Lipinski definition) is 3. The summed E-state index contributed by atoms with van der Waals surface area (Å²) in [6.07, 6.45) is 0. The van der Waals surface area contributed by atoms with Gasteiger partial charge in [-0.05, 0) is 44.2 Å². The third-order valence-electron chi connectivity index (χ3n) is 3.38. The second kappa shape index (κ2) is 7.50.